The Balaban J connectivity index is 3.85. The van der Waals surface area contributed by atoms with E-state index in [2.05, 4.69) is 5.32 Å². The lowest BCUT2D eigenvalue weighted by molar-refractivity contribution is -0.139. The molecule has 0 aliphatic rings. The number of hydrogen-bond donors (Lipinski definition) is 2. The van der Waals surface area contributed by atoms with E-state index in [1.54, 1.807) is 11.6 Å². The van der Waals surface area contributed by atoms with E-state index in [4.69, 9.17) is 0 Å². The van der Waals surface area contributed by atoms with Gasteiger partial charge in [0.2, 0.25) is 5.91 Å². The third-order valence-corrected chi connectivity index (χ3v) is 3.79. The second-order valence-electron chi connectivity index (χ2n) is 4.11. The number of carbonyl (C=O) groups excluding carboxylic acids is 1. The molecule has 0 aromatic rings. The monoisotopic (exact) mass is 288 g/mol. The van der Waals surface area contributed by atoms with Crippen LogP contribution >= 0.6 is 0 Å². The number of nitrogens with one attached hydrogen (secondary N) is 2. The van der Waals surface area contributed by atoms with Gasteiger partial charge < -0.3 is 10.6 Å². The molecule has 0 rings (SSSR count). The van der Waals surface area contributed by atoms with E-state index in [1.165, 1.54) is 6.92 Å². The SMILES string of the molecule is CC(NCCC(C)S(C)=O)C(=O)NCC(F)(F)F. The fourth-order valence-corrected chi connectivity index (χ4v) is 1.55. The minimum atomic E-state index is -4.40. The second kappa shape index (κ2) is 7.73. The number of carbonyl (C=O) groups is 1. The molecule has 0 aliphatic heterocycles. The average molecular weight is 288 g/mol. The number of alkyl halides is 3. The van der Waals surface area contributed by atoms with E-state index < -0.39 is 35.5 Å². The third kappa shape index (κ3) is 8.46. The lowest BCUT2D eigenvalue weighted by atomic mass is 10.2. The minimum Gasteiger partial charge on any atom is -0.346 e. The predicted molar refractivity (Wildman–Crippen MR) is 64.7 cm³/mol. The Kier molecular flexibility index (Phi) is 7.46. The Morgan fingerprint density at radius 1 is 1.33 bits per heavy atom. The van der Waals surface area contributed by atoms with Crippen LogP contribution in [0.5, 0.6) is 0 Å². The molecule has 0 fully saturated rings. The first-order chi connectivity index (χ1) is 8.13. The molecule has 3 unspecified atom stereocenters. The van der Waals surface area contributed by atoms with Crippen LogP contribution in [0.25, 0.3) is 0 Å². The summed E-state index contributed by atoms with van der Waals surface area (Å²) in [5.74, 6) is -0.697. The zero-order chi connectivity index (χ0) is 14.3. The highest BCUT2D eigenvalue weighted by Crippen LogP contribution is 2.12. The number of rotatable bonds is 7. The van der Waals surface area contributed by atoms with Crippen LogP contribution in [0.15, 0.2) is 0 Å². The van der Waals surface area contributed by atoms with Crippen LogP contribution < -0.4 is 10.6 Å². The van der Waals surface area contributed by atoms with Gasteiger partial charge in [-0.2, -0.15) is 13.2 Å². The predicted octanol–water partition coefficient (Wildman–Crippen LogP) is 0.800. The fraction of sp³-hybridized carbons (Fsp3) is 0.900. The molecular formula is C10H19F3N2O2S. The van der Waals surface area contributed by atoms with Gasteiger partial charge in [-0.15, -0.1) is 0 Å². The minimum absolute atomic E-state index is 0.0112. The van der Waals surface area contributed by atoms with E-state index in [-0.39, 0.29) is 5.25 Å². The topological polar surface area (TPSA) is 58.2 Å². The maximum atomic E-state index is 11.9. The normalized spacial score (nSPS) is 17.0. The van der Waals surface area contributed by atoms with Crippen molar-refractivity contribution in [3.8, 4) is 0 Å². The van der Waals surface area contributed by atoms with Gasteiger partial charge in [-0.05, 0) is 19.9 Å². The standard InChI is InChI=1S/C10H19F3N2O2S/c1-7(18(3)17)4-5-14-8(2)9(16)15-6-10(11,12)13/h7-8,14H,4-6H2,1-3H3,(H,15,16). The van der Waals surface area contributed by atoms with E-state index in [0.717, 1.165) is 0 Å². The van der Waals surface area contributed by atoms with Crippen molar-refractivity contribution in [1.82, 2.24) is 10.6 Å². The van der Waals surface area contributed by atoms with Gasteiger partial charge in [0.15, 0.2) is 0 Å². The van der Waals surface area contributed by atoms with Crippen LogP contribution in [0.2, 0.25) is 0 Å². The quantitative estimate of drug-likeness (QED) is 0.728. The molecule has 18 heavy (non-hydrogen) atoms. The van der Waals surface area contributed by atoms with Crippen molar-refractivity contribution >= 4 is 16.7 Å². The highest BCUT2D eigenvalue weighted by atomic mass is 32.2. The molecule has 0 aliphatic carbocycles. The molecule has 3 atom stereocenters. The smallest absolute Gasteiger partial charge is 0.346 e. The van der Waals surface area contributed by atoms with Crippen molar-refractivity contribution in [3.05, 3.63) is 0 Å². The van der Waals surface area contributed by atoms with Gasteiger partial charge in [0.05, 0.1) is 6.04 Å². The number of amides is 1. The van der Waals surface area contributed by atoms with Crippen molar-refractivity contribution in [1.29, 1.82) is 0 Å². The maximum absolute atomic E-state index is 11.9. The van der Waals surface area contributed by atoms with Crippen LogP contribution in [0.3, 0.4) is 0 Å². The molecule has 0 saturated heterocycles. The largest absolute Gasteiger partial charge is 0.405 e. The Morgan fingerprint density at radius 3 is 2.33 bits per heavy atom. The first-order valence-corrected chi connectivity index (χ1v) is 7.15. The third-order valence-electron chi connectivity index (χ3n) is 2.42. The van der Waals surface area contributed by atoms with Gasteiger partial charge >= 0.3 is 6.18 Å². The van der Waals surface area contributed by atoms with Crippen LogP contribution in [-0.2, 0) is 15.6 Å². The lowest BCUT2D eigenvalue weighted by Crippen LogP contribution is -2.45. The zero-order valence-electron chi connectivity index (χ0n) is 10.6. The van der Waals surface area contributed by atoms with Crippen molar-refractivity contribution in [2.45, 2.75) is 37.7 Å². The molecule has 8 heteroatoms. The van der Waals surface area contributed by atoms with E-state index >= 15 is 0 Å². The summed E-state index contributed by atoms with van der Waals surface area (Å²) in [4.78, 5) is 11.3. The maximum Gasteiger partial charge on any atom is 0.405 e. The van der Waals surface area contributed by atoms with Gasteiger partial charge in [-0.25, -0.2) is 0 Å². The highest BCUT2D eigenvalue weighted by molar-refractivity contribution is 7.84. The van der Waals surface area contributed by atoms with Crippen LogP contribution in [0.1, 0.15) is 20.3 Å². The van der Waals surface area contributed by atoms with Crippen LogP contribution in [0, 0.1) is 0 Å². The molecule has 0 aromatic carbocycles. The molecule has 4 nitrogen and oxygen atoms in total. The molecule has 108 valence electrons. The van der Waals surface area contributed by atoms with Gasteiger partial charge in [-0.3, -0.25) is 9.00 Å². The Morgan fingerprint density at radius 2 is 1.89 bits per heavy atom. The molecule has 0 radical (unpaired) electrons. The zero-order valence-corrected chi connectivity index (χ0v) is 11.5. The Hall–Kier alpha value is -0.630. The summed E-state index contributed by atoms with van der Waals surface area (Å²) in [6.07, 6.45) is -2.22. The lowest BCUT2D eigenvalue weighted by Gasteiger charge is -2.16. The summed E-state index contributed by atoms with van der Waals surface area (Å²) >= 11 is 0. The summed E-state index contributed by atoms with van der Waals surface area (Å²) in [5, 5.41) is 4.58. The summed E-state index contributed by atoms with van der Waals surface area (Å²) in [6, 6.07) is -0.704. The number of hydrogen-bond acceptors (Lipinski definition) is 3. The van der Waals surface area contributed by atoms with E-state index in [0.29, 0.717) is 13.0 Å². The van der Waals surface area contributed by atoms with Crippen LogP contribution in [0.4, 0.5) is 13.2 Å². The first kappa shape index (κ1) is 17.4. The summed E-state index contributed by atoms with van der Waals surface area (Å²) in [7, 11) is -0.940. The van der Waals surface area contributed by atoms with Crippen molar-refractivity contribution < 1.29 is 22.2 Å². The fourth-order valence-electron chi connectivity index (χ4n) is 1.10. The van der Waals surface area contributed by atoms with Crippen molar-refractivity contribution in [2.24, 2.45) is 0 Å². The molecule has 0 heterocycles. The van der Waals surface area contributed by atoms with Crippen molar-refractivity contribution in [3.63, 3.8) is 0 Å². The van der Waals surface area contributed by atoms with Gasteiger partial charge in [0.25, 0.3) is 0 Å². The Labute approximate surface area is 107 Å². The molecule has 0 bridgehead atoms. The van der Waals surface area contributed by atoms with Crippen LogP contribution in [-0.4, -0.2) is 46.9 Å². The molecule has 1 amide bonds. The van der Waals surface area contributed by atoms with E-state index in [1.807, 2.05) is 6.92 Å². The number of halogens is 3. The van der Waals surface area contributed by atoms with Gasteiger partial charge in [0.1, 0.15) is 6.54 Å². The summed E-state index contributed by atoms with van der Waals surface area (Å²) < 4.78 is 46.6. The first-order valence-electron chi connectivity index (χ1n) is 5.53. The molecule has 2 N–H and O–H groups in total. The molecular weight excluding hydrogens is 269 g/mol. The highest BCUT2D eigenvalue weighted by Gasteiger charge is 2.28. The van der Waals surface area contributed by atoms with E-state index in [9.17, 15) is 22.2 Å². The summed E-state index contributed by atoms with van der Waals surface area (Å²) in [6.45, 7) is 2.40. The van der Waals surface area contributed by atoms with Gasteiger partial charge in [-0.1, -0.05) is 6.92 Å². The average Bonchev–Trinajstić information content (AvgIpc) is 2.24. The van der Waals surface area contributed by atoms with Gasteiger partial charge in [0, 0.05) is 22.3 Å². The summed E-state index contributed by atoms with van der Waals surface area (Å²) in [5.41, 5.74) is 0. The molecule has 0 aromatic heterocycles. The Bertz CT molecular complexity index is 297. The van der Waals surface area contributed by atoms with Crippen molar-refractivity contribution in [2.75, 3.05) is 19.3 Å². The molecule has 0 saturated carbocycles. The molecule has 0 spiro atoms. The second-order valence-corrected chi connectivity index (χ2v) is 5.91.